The van der Waals surface area contributed by atoms with Crippen molar-refractivity contribution in [2.45, 2.75) is 38.5 Å². The summed E-state index contributed by atoms with van der Waals surface area (Å²) in [5, 5.41) is 0. The highest BCUT2D eigenvalue weighted by molar-refractivity contribution is 7.80. The molecule has 0 saturated heterocycles. The van der Waals surface area contributed by atoms with Gasteiger partial charge in [0.05, 0.1) is 0 Å². The maximum absolute atomic E-state index is 4.56. The van der Waals surface area contributed by atoms with Crippen LogP contribution in [0.25, 0.3) is 0 Å². The van der Waals surface area contributed by atoms with E-state index in [-0.39, 0.29) is 0 Å². The van der Waals surface area contributed by atoms with Crippen LogP contribution in [-0.2, 0) is 0 Å². The smallest absolute Gasteiger partial charge is 0.00429 e. The van der Waals surface area contributed by atoms with Crippen LogP contribution in [0.1, 0.15) is 38.5 Å². The van der Waals surface area contributed by atoms with E-state index < -0.39 is 0 Å². The van der Waals surface area contributed by atoms with Crippen LogP contribution in [-0.4, -0.2) is 30.8 Å². The van der Waals surface area contributed by atoms with Gasteiger partial charge in [0, 0.05) is 13.1 Å². The van der Waals surface area contributed by atoms with Crippen LogP contribution >= 0.6 is 12.6 Å². The second-order valence-corrected chi connectivity index (χ2v) is 5.82. The zero-order valence-corrected chi connectivity index (χ0v) is 10.2. The van der Waals surface area contributed by atoms with E-state index >= 15 is 0 Å². The third kappa shape index (κ3) is 2.66. The second-order valence-electron chi connectivity index (χ2n) is 5.51. The Morgan fingerprint density at radius 2 is 1.93 bits per heavy atom. The van der Waals surface area contributed by atoms with Crippen LogP contribution in [0, 0.1) is 11.3 Å². The van der Waals surface area contributed by atoms with Crippen LogP contribution in [0.5, 0.6) is 0 Å². The number of hydrogen-bond donors (Lipinski definition) is 1. The summed E-state index contributed by atoms with van der Waals surface area (Å²) in [6, 6.07) is 0. The fourth-order valence-electron chi connectivity index (χ4n) is 2.87. The lowest BCUT2D eigenvalue weighted by atomic mass is 9.88. The molecule has 2 rings (SSSR count). The molecule has 2 saturated carbocycles. The first-order chi connectivity index (χ1) is 6.74. The highest BCUT2D eigenvalue weighted by atomic mass is 32.1. The van der Waals surface area contributed by atoms with Crippen molar-refractivity contribution < 1.29 is 0 Å². The van der Waals surface area contributed by atoms with Crippen molar-refractivity contribution >= 4 is 12.6 Å². The first-order valence-electron chi connectivity index (χ1n) is 6.03. The van der Waals surface area contributed by atoms with Crippen molar-refractivity contribution in [1.29, 1.82) is 0 Å². The van der Waals surface area contributed by atoms with Gasteiger partial charge in [-0.1, -0.05) is 12.8 Å². The molecule has 2 fully saturated rings. The Labute approximate surface area is 93.7 Å². The Bertz CT molecular complexity index is 183. The molecule has 0 unspecified atom stereocenters. The molecule has 0 aromatic rings. The van der Waals surface area contributed by atoms with Gasteiger partial charge in [0.25, 0.3) is 0 Å². The van der Waals surface area contributed by atoms with Crippen molar-refractivity contribution in [1.82, 2.24) is 4.90 Å². The summed E-state index contributed by atoms with van der Waals surface area (Å²) in [6.07, 6.45) is 8.61. The molecule has 0 radical (unpaired) electrons. The van der Waals surface area contributed by atoms with Gasteiger partial charge in [-0.05, 0) is 49.8 Å². The molecular formula is C12H23NS. The lowest BCUT2D eigenvalue weighted by molar-refractivity contribution is 0.196. The molecule has 0 aromatic carbocycles. The summed E-state index contributed by atoms with van der Waals surface area (Å²) in [7, 11) is 2.29. The molecule has 0 heterocycles. The van der Waals surface area contributed by atoms with Gasteiger partial charge in [-0.25, -0.2) is 0 Å². The summed E-state index contributed by atoms with van der Waals surface area (Å²) in [5.41, 5.74) is 0.562. The molecule has 14 heavy (non-hydrogen) atoms. The minimum atomic E-state index is 0.562. The van der Waals surface area contributed by atoms with E-state index in [1.807, 2.05) is 0 Å². The van der Waals surface area contributed by atoms with E-state index in [1.54, 1.807) is 0 Å². The van der Waals surface area contributed by atoms with E-state index in [9.17, 15) is 0 Å². The average Bonchev–Trinajstić information content (AvgIpc) is 2.83. The van der Waals surface area contributed by atoms with Crippen molar-refractivity contribution in [3.63, 3.8) is 0 Å². The molecule has 1 nitrogen and oxygen atoms in total. The molecule has 0 atom stereocenters. The number of nitrogens with zero attached hydrogens (tertiary/aromatic N) is 1. The highest BCUT2D eigenvalue weighted by Gasteiger charge is 2.34. The first kappa shape index (κ1) is 10.8. The predicted octanol–water partition coefficient (Wildman–Crippen LogP) is 2.82. The lowest BCUT2D eigenvalue weighted by Gasteiger charge is -2.32. The number of hydrogen-bond acceptors (Lipinski definition) is 2. The first-order valence-corrected chi connectivity index (χ1v) is 6.67. The fraction of sp³-hybridized carbons (Fsp3) is 1.00. The summed E-state index contributed by atoms with van der Waals surface area (Å²) in [6.45, 7) is 2.61. The molecule has 0 bridgehead atoms. The molecule has 82 valence electrons. The van der Waals surface area contributed by atoms with Crippen molar-refractivity contribution in [3.05, 3.63) is 0 Å². The minimum absolute atomic E-state index is 0.562. The Hall–Kier alpha value is 0.310. The summed E-state index contributed by atoms with van der Waals surface area (Å²) in [4.78, 5) is 2.55. The summed E-state index contributed by atoms with van der Waals surface area (Å²) in [5.74, 6) is 2.11. The van der Waals surface area contributed by atoms with Crippen LogP contribution in [0.3, 0.4) is 0 Å². The number of thiol groups is 1. The standard InChI is InChI=1S/C12H23NS/c1-13(8-11-4-5-11)9-12(10-14)6-2-3-7-12/h11,14H,2-10H2,1H3. The van der Waals surface area contributed by atoms with E-state index in [0.29, 0.717) is 5.41 Å². The third-order valence-corrected chi connectivity index (χ3v) is 4.54. The van der Waals surface area contributed by atoms with E-state index in [4.69, 9.17) is 0 Å². The molecule has 0 spiro atoms. The van der Waals surface area contributed by atoms with Crippen LogP contribution in [0.4, 0.5) is 0 Å². The number of rotatable bonds is 5. The average molecular weight is 213 g/mol. The predicted molar refractivity (Wildman–Crippen MR) is 65.0 cm³/mol. The molecular weight excluding hydrogens is 190 g/mol. The van der Waals surface area contributed by atoms with Crippen LogP contribution in [0.15, 0.2) is 0 Å². The monoisotopic (exact) mass is 213 g/mol. The quantitative estimate of drug-likeness (QED) is 0.687. The van der Waals surface area contributed by atoms with Gasteiger partial charge in [0.1, 0.15) is 0 Å². The summed E-state index contributed by atoms with van der Waals surface area (Å²) >= 11 is 4.56. The van der Waals surface area contributed by atoms with E-state index in [2.05, 4.69) is 24.6 Å². The Morgan fingerprint density at radius 1 is 1.29 bits per heavy atom. The molecule has 2 heteroatoms. The topological polar surface area (TPSA) is 3.24 Å². The molecule has 0 N–H and O–H groups in total. The van der Waals surface area contributed by atoms with Gasteiger partial charge >= 0.3 is 0 Å². The molecule has 0 aromatic heterocycles. The zero-order chi connectivity index (χ0) is 10.0. The SMILES string of the molecule is CN(CC1CC1)CC1(CS)CCCC1. The maximum atomic E-state index is 4.56. The lowest BCUT2D eigenvalue weighted by Crippen LogP contribution is -2.36. The van der Waals surface area contributed by atoms with E-state index in [1.165, 1.54) is 51.6 Å². The van der Waals surface area contributed by atoms with Gasteiger partial charge in [-0.3, -0.25) is 0 Å². The fourth-order valence-corrected chi connectivity index (χ4v) is 3.29. The third-order valence-electron chi connectivity index (χ3n) is 3.87. The molecule has 0 aliphatic heterocycles. The van der Waals surface area contributed by atoms with Gasteiger partial charge in [0.15, 0.2) is 0 Å². The molecule has 2 aliphatic rings. The molecule has 0 amide bonds. The Kier molecular flexibility index (Phi) is 3.43. The second kappa shape index (κ2) is 4.44. The largest absolute Gasteiger partial charge is 0.306 e. The Morgan fingerprint density at radius 3 is 2.43 bits per heavy atom. The van der Waals surface area contributed by atoms with Crippen LogP contribution in [0.2, 0.25) is 0 Å². The van der Waals surface area contributed by atoms with Crippen molar-refractivity contribution in [2.24, 2.45) is 11.3 Å². The van der Waals surface area contributed by atoms with Gasteiger partial charge in [-0.2, -0.15) is 12.6 Å². The van der Waals surface area contributed by atoms with Crippen LogP contribution < -0.4 is 0 Å². The Balaban J connectivity index is 1.79. The normalized spacial score (nSPS) is 25.9. The maximum Gasteiger partial charge on any atom is 0.00429 e. The van der Waals surface area contributed by atoms with Gasteiger partial charge in [0.2, 0.25) is 0 Å². The summed E-state index contributed by atoms with van der Waals surface area (Å²) < 4.78 is 0. The zero-order valence-electron chi connectivity index (χ0n) is 9.34. The minimum Gasteiger partial charge on any atom is -0.306 e. The van der Waals surface area contributed by atoms with Gasteiger partial charge in [-0.15, -0.1) is 0 Å². The highest BCUT2D eigenvalue weighted by Crippen LogP contribution is 2.40. The molecule has 2 aliphatic carbocycles. The van der Waals surface area contributed by atoms with Crippen molar-refractivity contribution in [2.75, 3.05) is 25.9 Å². The van der Waals surface area contributed by atoms with Crippen molar-refractivity contribution in [3.8, 4) is 0 Å². The van der Waals surface area contributed by atoms with Gasteiger partial charge < -0.3 is 4.90 Å². The van der Waals surface area contributed by atoms with E-state index in [0.717, 1.165) is 11.7 Å².